The first-order valence-corrected chi connectivity index (χ1v) is 7.08. The van der Waals surface area contributed by atoms with Crippen LogP contribution in [0.25, 0.3) is 0 Å². The van der Waals surface area contributed by atoms with Gasteiger partial charge in [0.2, 0.25) is 0 Å². The highest BCUT2D eigenvalue weighted by Crippen LogP contribution is 2.13. The van der Waals surface area contributed by atoms with E-state index in [-0.39, 0.29) is 17.6 Å². The Balaban J connectivity index is 1.90. The third-order valence-electron chi connectivity index (χ3n) is 3.54. The number of likely N-dealkylation sites (tertiary alicyclic amines) is 1. The van der Waals surface area contributed by atoms with Gasteiger partial charge in [0.05, 0.1) is 19.0 Å². The number of carbonyl (C=O) groups excluding carboxylic acids is 1. The van der Waals surface area contributed by atoms with Crippen LogP contribution >= 0.6 is 0 Å². The minimum absolute atomic E-state index is 0.133. The van der Waals surface area contributed by atoms with E-state index in [9.17, 15) is 4.79 Å². The standard InChI is InChI=1S/C14H20N4O2/c1-2-11(5-6-15)16-14(19)13-9-12(20-17-13)10-18-7-3-4-8-18/h9,11H,2-5,7-8,10H2,1H3,(H,16,19)/t11-/m0/s1. The Morgan fingerprint density at radius 1 is 1.60 bits per heavy atom. The molecule has 1 fully saturated rings. The van der Waals surface area contributed by atoms with Gasteiger partial charge in [0.1, 0.15) is 0 Å². The molecule has 2 heterocycles. The van der Waals surface area contributed by atoms with Crippen molar-refractivity contribution < 1.29 is 9.32 Å². The number of rotatable bonds is 6. The van der Waals surface area contributed by atoms with Gasteiger partial charge in [-0.1, -0.05) is 12.1 Å². The Morgan fingerprint density at radius 3 is 3.00 bits per heavy atom. The van der Waals surface area contributed by atoms with Crippen LogP contribution in [0.15, 0.2) is 10.6 Å². The number of nitrogens with zero attached hydrogens (tertiary/aromatic N) is 3. The number of aromatic nitrogens is 1. The van der Waals surface area contributed by atoms with E-state index in [1.165, 1.54) is 12.8 Å². The molecule has 0 spiro atoms. The number of hydrogen-bond acceptors (Lipinski definition) is 5. The zero-order chi connectivity index (χ0) is 14.4. The van der Waals surface area contributed by atoms with Gasteiger partial charge in [0, 0.05) is 12.1 Å². The smallest absolute Gasteiger partial charge is 0.273 e. The lowest BCUT2D eigenvalue weighted by Crippen LogP contribution is -2.34. The normalized spacial score (nSPS) is 16.8. The van der Waals surface area contributed by atoms with E-state index in [1.807, 2.05) is 6.92 Å². The minimum Gasteiger partial charge on any atom is -0.359 e. The monoisotopic (exact) mass is 276 g/mol. The van der Waals surface area contributed by atoms with Gasteiger partial charge in [-0.2, -0.15) is 5.26 Å². The summed E-state index contributed by atoms with van der Waals surface area (Å²) in [5.74, 6) is 0.439. The molecular formula is C14H20N4O2. The number of nitriles is 1. The average molecular weight is 276 g/mol. The Morgan fingerprint density at radius 2 is 2.35 bits per heavy atom. The van der Waals surface area contributed by atoms with Crippen LogP contribution in [0.4, 0.5) is 0 Å². The van der Waals surface area contributed by atoms with Crippen molar-refractivity contribution in [2.45, 2.75) is 45.2 Å². The van der Waals surface area contributed by atoms with E-state index < -0.39 is 0 Å². The van der Waals surface area contributed by atoms with Gasteiger partial charge >= 0.3 is 0 Å². The molecule has 1 N–H and O–H groups in total. The van der Waals surface area contributed by atoms with E-state index >= 15 is 0 Å². The molecule has 6 heteroatoms. The van der Waals surface area contributed by atoms with Crippen LogP contribution in [0, 0.1) is 11.3 Å². The zero-order valence-electron chi connectivity index (χ0n) is 11.8. The van der Waals surface area contributed by atoms with E-state index in [4.69, 9.17) is 9.78 Å². The molecule has 108 valence electrons. The second-order valence-electron chi connectivity index (χ2n) is 5.10. The molecule has 2 rings (SSSR count). The first-order valence-electron chi connectivity index (χ1n) is 7.08. The third kappa shape index (κ3) is 3.81. The molecule has 0 bridgehead atoms. The highest BCUT2D eigenvalue weighted by Gasteiger charge is 2.18. The van der Waals surface area contributed by atoms with Crippen molar-refractivity contribution in [3.8, 4) is 6.07 Å². The number of hydrogen-bond donors (Lipinski definition) is 1. The first kappa shape index (κ1) is 14.5. The minimum atomic E-state index is -0.275. The molecule has 0 unspecified atom stereocenters. The molecule has 1 aromatic heterocycles. The summed E-state index contributed by atoms with van der Waals surface area (Å²) in [6.45, 7) is 4.78. The molecule has 1 aromatic rings. The van der Waals surface area contributed by atoms with Crippen LogP contribution in [0.5, 0.6) is 0 Å². The molecule has 1 saturated heterocycles. The van der Waals surface area contributed by atoms with Crippen molar-refractivity contribution in [1.82, 2.24) is 15.4 Å². The van der Waals surface area contributed by atoms with Crippen LogP contribution in [-0.4, -0.2) is 35.1 Å². The van der Waals surface area contributed by atoms with Crippen molar-refractivity contribution in [2.75, 3.05) is 13.1 Å². The SMILES string of the molecule is CC[C@@H](CC#N)NC(=O)c1cc(CN2CCCC2)on1. The van der Waals surface area contributed by atoms with Crippen LogP contribution < -0.4 is 5.32 Å². The Kier molecular flexibility index (Phi) is 5.13. The van der Waals surface area contributed by atoms with E-state index in [1.54, 1.807) is 6.07 Å². The summed E-state index contributed by atoms with van der Waals surface area (Å²) >= 11 is 0. The molecule has 1 atom stereocenters. The highest BCUT2D eigenvalue weighted by molar-refractivity contribution is 5.92. The van der Waals surface area contributed by atoms with Gasteiger partial charge < -0.3 is 9.84 Å². The third-order valence-corrected chi connectivity index (χ3v) is 3.54. The molecule has 6 nitrogen and oxygen atoms in total. The molecule has 1 amide bonds. The largest absolute Gasteiger partial charge is 0.359 e. The van der Waals surface area contributed by atoms with Crippen LogP contribution in [-0.2, 0) is 6.54 Å². The van der Waals surface area contributed by atoms with E-state index in [0.717, 1.165) is 19.5 Å². The molecule has 0 aliphatic carbocycles. The Hall–Kier alpha value is -1.87. The summed E-state index contributed by atoms with van der Waals surface area (Å²) in [6, 6.07) is 3.62. The average Bonchev–Trinajstić information content (AvgIpc) is 3.10. The van der Waals surface area contributed by atoms with Gasteiger partial charge in [-0.05, 0) is 32.4 Å². The van der Waals surface area contributed by atoms with Crippen molar-refractivity contribution in [3.05, 3.63) is 17.5 Å². The topological polar surface area (TPSA) is 82.2 Å². The fourth-order valence-electron chi connectivity index (χ4n) is 2.32. The van der Waals surface area contributed by atoms with E-state index in [0.29, 0.717) is 18.7 Å². The summed E-state index contributed by atoms with van der Waals surface area (Å²) in [5.41, 5.74) is 0.288. The second-order valence-corrected chi connectivity index (χ2v) is 5.10. The maximum Gasteiger partial charge on any atom is 0.273 e. The van der Waals surface area contributed by atoms with Gasteiger partial charge in [-0.15, -0.1) is 0 Å². The van der Waals surface area contributed by atoms with Gasteiger partial charge in [0.15, 0.2) is 11.5 Å². The fourth-order valence-corrected chi connectivity index (χ4v) is 2.32. The molecule has 0 saturated carbocycles. The summed E-state index contributed by atoms with van der Waals surface area (Å²) < 4.78 is 5.21. The molecule has 1 aliphatic heterocycles. The van der Waals surface area contributed by atoms with Crippen molar-refractivity contribution >= 4 is 5.91 Å². The van der Waals surface area contributed by atoms with E-state index in [2.05, 4.69) is 21.4 Å². The van der Waals surface area contributed by atoms with Crippen LogP contribution in [0.2, 0.25) is 0 Å². The van der Waals surface area contributed by atoms with Crippen LogP contribution in [0.3, 0.4) is 0 Å². The summed E-state index contributed by atoms with van der Waals surface area (Å²) in [5, 5.41) is 15.3. The molecule has 0 aromatic carbocycles. The highest BCUT2D eigenvalue weighted by atomic mass is 16.5. The molecule has 0 radical (unpaired) electrons. The van der Waals surface area contributed by atoms with Gasteiger partial charge in [-0.25, -0.2) is 0 Å². The lowest BCUT2D eigenvalue weighted by atomic mass is 10.1. The van der Waals surface area contributed by atoms with Crippen LogP contribution in [0.1, 0.15) is 48.9 Å². The second kappa shape index (κ2) is 7.06. The van der Waals surface area contributed by atoms with Crippen molar-refractivity contribution in [1.29, 1.82) is 5.26 Å². The molecule has 1 aliphatic rings. The number of carbonyl (C=O) groups is 1. The lowest BCUT2D eigenvalue weighted by molar-refractivity contribution is 0.0927. The summed E-state index contributed by atoms with van der Waals surface area (Å²) in [6.07, 6.45) is 3.46. The summed E-state index contributed by atoms with van der Waals surface area (Å²) in [4.78, 5) is 14.3. The maximum atomic E-state index is 12.0. The van der Waals surface area contributed by atoms with Gasteiger partial charge in [0.25, 0.3) is 5.91 Å². The Bertz CT molecular complexity index is 486. The maximum absolute atomic E-state index is 12.0. The zero-order valence-corrected chi connectivity index (χ0v) is 11.8. The fraction of sp³-hybridized carbons (Fsp3) is 0.643. The van der Waals surface area contributed by atoms with Crippen molar-refractivity contribution in [3.63, 3.8) is 0 Å². The number of nitrogens with one attached hydrogen (secondary N) is 1. The predicted molar refractivity (Wildman–Crippen MR) is 72.8 cm³/mol. The van der Waals surface area contributed by atoms with Crippen molar-refractivity contribution in [2.24, 2.45) is 0 Å². The summed E-state index contributed by atoms with van der Waals surface area (Å²) in [7, 11) is 0. The first-order chi connectivity index (χ1) is 9.72. The predicted octanol–water partition coefficient (Wildman–Crippen LogP) is 1.69. The van der Waals surface area contributed by atoms with Gasteiger partial charge in [-0.3, -0.25) is 9.69 Å². The Labute approximate surface area is 118 Å². The number of amides is 1. The molecular weight excluding hydrogens is 256 g/mol. The lowest BCUT2D eigenvalue weighted by Gasteiger charge is -2.11. The molecule has 20 heavy (non-hydrogen) atoms. The quantitative estimate of drug-likeness (QED) is 0.855.